The number of nitrogens with one attached hydrogen (secondary N) is 2. The third-order valence-electron chi connectivity index (χ3n) is 3.89. The number of aromatic nitrogens is 1. The Kier molecular flexibility index (Phi) is 5.28. The number of ether oxygens (including phenoxy) is 2. The normalized spacial score (nSPS) is 16.6. The molecule has 0 bridgehead atoms. The van der Waals surface area contributed by atoms with Crippen molar-refractivity contribution < 1.29 is 14.3 Å². The Morgan fingerprint density at radius 3 is 2.83 bits per heavy atom. The van der Waals surface area contributed by atoms with Gasteiger partial charge in [-0.05, 0) is 49.2 Å². The average molecular weight is 327 g/mol. The van der Waals surface area contributed by atoms with Crippen molar-refractivity contribution in [3.05, 3.63) is 48.3 Å². The number of methoxy groups -OCH3 is 1. The van der Waals surface area contributed by atoms with E-state index in [9.17, 15) is 4.79 Å². The molecule has 1 atom stereocenters. The van der Waals surface area contributed by atoms with Gasteiger partial charge in [0.1, 0.15) is 11.4 Å². The average Bonchev–Trinajstić information content (AvgIpc) is 3.14. The molecular weight excluding hydrogens is 306 g/mol. The van der Waals surface area contributed by atoms with Gasteiger partial charge in [-0.3, -0.25) is 9.78 Å². The molecule has 2 N–H and O–H groups in total. The fraction of sp³-hybridized carbons (Fsp3) is 0.333. The van der Waals surface area contributed by atoms with E-state index in [1.807, 2.05) is 30.3 Å². The summed E-state index contributed by atoms with van der Waals surface area (Å²) in [5.41, 5.74) is 2.09. The number of anilines is 2. The van der Waals surface area contributed by atoms with Crippen molar-refractivity contribution in [2.24, 2.45) is 0 Å². The highest BCUT2D eigenvalue weighted by molar-refractivity contribution is 5.93. The van der Waals surface area contributed by atoms with Crippen molar-refractivity contribution in [3.8, 4) is 5.75 Å². The topological polar surface area (TPSA) is 72.5 Å². The minimum atomic E-state index is -0.191. The van der Waals surface area contributed by atoms with Crippen molar-refractivity contribution in [1.82, 2.24) is 10.3 Å². The molecule has 1 unspecified atom stereocenters. The number of rotatable bonds is 6. The summed E-state index contributed by atoms with van der Waals surface area (Å²) in [6, 6.07) is 11.1. The predicted molar refractivity (Wildman–Crippen MR) is 91.8 cm³/mol. The Morgan fingerprint density at radius 1 is 1.29 bits per heavy atom. The third-order valence-corrected chi connectivity index (χ3v) is 3.89. The van der Waals surface area contributed by atoms with Crippen LogP contribution in [0.15, 0.2) is 42.6 Å². The SMILES string of the molecule is COc1ccc(Nc2ccnc(C(=O)NCC3CCCO3)c2)cc1. The van der Waals surface area contributed by atoms with E-state index >= 15 is 0 Å². The first kappa shape index (κ1) is 16.3. The summed E-state index contributed by atoms with van der Waals surface area (Å²) in [6.07, 6.45) is 3.79. The largest absolute Gasteiger partial charge is 0.497 e. The van der Waals surface area contributed by atoms with Crippen LogP contribution in [0.2, 0.25) is 0 Å². The summed E-state index contributed by atoms with van der Waals surface area (Å²) in [6.45, 7) is 1.30. The van der Waals surface area contributed by atoms with Crippen LogP contribution >= 0.6 is 0 Å². The van der Waals surface area contributed by atoms with E-state index in [1.54, 1.807) is 19.4 Å². The monoisotopic (exact) mass is 327 g/mol. The molecule has 6 heteroatoms. The van der Waals surface area contributed by atoms with Crippen LogP contribution in [0.1, 0.15) is 23.3 Å². The van der Waals surface area contributed by atoms with Gasteiger partial charge in [-0.25, -0.2) is 0 Å². The van der Waals surface area contributed by atoms with Gasteiger partial charge < -0.3 is 20.1 Å². The van der Waals surface area contributed by atoms with Gasteiger partial charge >= 0.3 is 0 Å². The standard InChI is InChI=1S/C18H21N3O3/c1-23-15-6-4-13(5-7-15)21-14-8-9-19-17(11-14)18(22)20-12-16-3-2-10-24-16/h4-9,11,16H,2-3,10,12H2,1H3,(H,19,21)(H,20,22). The maximum Gasteiger partial charge on any atom is 0.270 e. The minimum absolute atomic E-state index is 0.120. The second kappa shape index (κ2) is 7.79. The second-order valence-electron chi connectivity index (χ2n) is 5.63. The second-order valence-corrected chi connectivity index (χ2v) is 5.63. The smallest absolute Gasteiger partial charge is 0.270 e. The zero-order valence-electron chi connectivity index (χ0n) is 13.6. The third kappa shape index (κ3) is 4.23. The Labute approximate surface area is 141 Å². The number of hydrogen-bond donors (Lipinski definition) is 2. The van der Waals surface area contributed by atoms with Crippen LogP contribution in [0.3, 0.4) is 0 Å². The zero-order valence-corrected chi connectivity index (χ0v) is 13.6. The molecule has 6 nitrogen and oxygen atoms in total. The Bertz CT molecular complexity index is 682. The van der Waals surface area contributed by atoms with Gasteiger partial charge in [-0.15, -0.1) is 0 Å². The van der Waals surface area contributed by atoms with Crippen LogP contribution in [-0.4, -0.2) is 37.3 Å². The van der Waals surface area contributed by atoms with E-state index < -0.39 is 0 Å². The molecule has 1 aliphatic heterocycles. The molecule has 0 radical (unpaired) electrons. The number of benzene rings is 1. The zero-order chi connectivity index (χ0) is 16.8. The lowest BCUT2D eigenvalue weighted by Gasteiger charge is -2.11. The van der Waals surface area contributed by atoms with Crippen molar-refractivity contribution >= 4 is 17.3 Å². The van der Waals surface area contributed by atoms with E-state index in [4.69, 9.17) is 9.47 Å². The van der Waals surface area contributed by atoms with Gasteiger partial charge in [0.25, 0.3) is 5.91 Å². The van der Waals surface area contributed by atoms with Crippen LogP contribution in [-0.2, 0) is 4.74 Å². The lowest BCUT2D eigenvalue weighted by atomic mass is 10.2. The summed E-state index contributed by atoms with van der Waals surface area (Å²) in [4.78, 5) is 16.4. The number of hydrogen-bond acceptors (Lipinski definition) is 5. The molecule has 1 aromatic carbocycles. The molecule has 1 aliphatic rings. The van der Waals surface area contributed by atoms with Gasteiger partial charge in [-0.2, -0.15) is 0 Å². The number of pyridine rings is 1. The molecule has 1 aromatic heterocycles. The first-order valence-electron chi connectivity index (χ1n) is 8.01. The number of nitrogens with zero attached hydrogens (tertiary/aromatic N) is 1. The number of carbonyl (C=O) groups excluding carboxylic acids is 1. The quantitative estimate of drug-likeness (QED) is 0.853. The molecule has 2 heterocycles. The molecular formula is C18H21N3O3. The predicted octanol–water partition coefficient (Wildman–Crippen LogP) is 2.74. The molecule has 0 spiro atoms. The fourth-order valence-corrected chi connectivity index (χ4v) is 2.58. The molecule has 1 amide bonds. The van der Waals surface area contributed by atoms with Gasteiger partial charge in [0.15, 0.2) is 0 Å². The van der Waals surface area contributed by atoms with Gasteiger partial charge in [0.2, 0.25) is 0 Å². The van der Waals surface area contributed by atoms with Gasteiger partial charge in [0, 0.05) is 30.7 Å². The highest BCUT2D eigenvalue weighted by Gasteiger charge is 2.17. The van der Waals surface area contributed by atoms with Gasteiger partial charge in [-0.1, -0.05) is 0 Å². The van der Waals surface area contributed by atoms with Crippen molar-refractivity contribution in [2.45, 2.75) is 18.9 Å². The summed E-state index contributed by atoms with van der Waals surface area (Å²) in [5, 5.41) is 6.12. The van der Waals surface area contributed by atoms with Crippen LogP contribution in [0.5, 0.6) is 5.75 Å². The minimum Gasteiger partial charge on any atom is -0.497 e. The first-order valence-corrected chi connectivity index (χ1v) is 8.01. The highest BCUT2D eigenvalue weighted by atomic mass is 16.5. The summed E-state index contributed by atoms with van der Waals surface area (Å²) in [7, 11) is 1.63. The lowest BCUT2D eigenvalue weighted by Crippen LogP contribution is -2.32. The van der Waals surface area contributed by atoms with Crippen LogP contribution < -0.4 is 15.4 Å². The van der Waals surface area contributed by atoms with E-state index in [2.05, 4.69) is 15.6 Å². The summed E-state index contributed by atoms with van der Waals surface area (Å²) >= 11 is 0. The maximum absolute atomic E-state index is 12.2. The Balaban J connectivity index is 1.60. The lowest BCUT2D eigenvalue weighted by molar-refractivity contribution is 0.0854. The van der Waals surface area contributed by atoms with Gasteiger partial charge in [0.05, 0.1) is 13.2 Å². The molecule has 3 rings (SSSR count). The number of carbonyl (C=O) groups is 1. The molecule has 24 heavy (non-hydrogen) atoms. The van der Waals surface area contributed by atoms with E-state index in [0.717, 1.165) is 36.6 Å². The van der Waals surface area contributed by atoms with Crippen molar-refractivity contribution in [3.63, 3.8) is 0 Å². The van der Waals surface area contributed by atoms with Crippen molar-refractivity contribution in [1.29, 1.82) is 0 Å². The highest BCUT2D eigenvalue weighted by Crippen LogP contribution is 2.20. The van der Waals surface area contributed by atoms with E-state index in [-0.39, 0.29) is 12.0 Å². The van der Waals surface area contributed by atoms with Crippen LogP contribution in [0.4, 0.5) is 11.4 Å². The molecule has 2 aromatic rings. The molecule has 0 aliphatic carbocycles. The first-order chi connectivity index (χ1) is 11.7. The van der Waals surface area contributed by atoms with Crippen LogP contribution in [0.25, 0.3) is 0 Å². The Hall–Kier alpha value is -2.60. The van der Waals surface area contributed by atoms with E-state index in [1.165, 1.54) is 0 Å². The van der Waals surface area contributed by atoms with E-state index in [0.29, 0.717) is 12.2 Å². The molecule has 1 fully saturated rings. The number of amides is 1. The van der Waals surface area contributed by atoms with Crippen molar-refractivity contribution in [2.75, 3.05) is 25.6 Å². The summed E-state index contributed by atoms with van der Waals surface area (Å²) < 4.78 is 10.6. The molecule has 0 saturated carbocycles. The Morgan fingerprint density at radius 2 is 2.12 bits per heavy atom. The fourth-order valence-electron chi connectivity index (χ4n) is 2.58. The molecule has 126 valence electrons. The summed E-state index contributed by atoms with van der Waals surface area (Å²) in [5.74, 6) is 0.605. The maximum atomic E-state index is 12.2. The van der Waals surface area contributed by atoms with Crippen LogP contribution in [0, 0.1) is 0 Å². The molecule has 1 saturated heterocycles.